The molecular weight excluding hydrogens is 344 g/mol. The molecule has 1 aromatic heterocycles. The van der Waals surface area contributed by atoms with Gasteiger partial charge in [0.15, 0.2) is 0 Å². The van der Waals surface area contributed by atoms with E-state index in [1.807, 2.05) is 36.5 Å². The maximum absolute atomic E-state index is 12.1. The van der Waals surface area contributed by atoms with Gasteiger partial charge in [0.05, 0.1) is 19.0 Å². The molecule has 3 aromatic rings. The SMILES string of the molecule is COC(=O)Nc1ccc(NC(=O)C=Cc2cnn(-c3ccccc3)c2)cc1. The highest BCUT2D eigenvalue weighted by molar-refractivity contribution is 6.02. The van der Waals surface area contributed by atoms with Crippen LogP contribution in [-0.2, 0) is 9.53 Å². The average Bonchev–Trinajstić information content (AvgIpc) is 3.17. The van der Waals surface area contributed by atoms with Gasteiger partial charge in [-0.2, -0.15) is 5.10 Å². The van der Waals surface area contributed by atoms with Crippen LogP contribution in [0, 0.1) is 0 Å². The minimum atomic E-state index is -0.550. The fourth-order valence-corrected chi connectivity index (χ4v) is 2.31. The molecule has 0 bridgehead atoms. The van der Waals surface area contributed by atoms with Crippen LogP contribution in [0.1, 0.15) is 5.56 Å². The third kappa shape index (κ3) is 5.05. The van der Waals surface area contributed by atoms with Gasteiger partial charge in [-0.05, 0) is 42.5 Å². The zero-order chi connectivity index (χ0) is 19.1. The monoisotopic (exact) mass is 362 g/mol. The van der Waals surface area contributed by atoms with Crippen LogP contribution in [0.5, 0.6) is 0 Å². The third-order valence-electron chi connectivity index (χ3n) is 3.63. The summed E-state index contributed by atoms with van der Waals surface area (Å²) < 4.78 is 6.26. The van der Waals surface area contributed by atoms with Crippen molar-refractivity contribution in [2.45, 2.75) is 0 Å². The highest BCUT2D eigenvalue weighted by Crippen LogP contribution is 2.14. The molecule has 0 spiro atoms. The van der Waals surface area contributed by atoms with Crippen LogP contribution in [-0.4, -0.2) is 28.9 Å². The minimum Gasteiger partial charge on any atom is -0.453 e. The Kier molecular flexibility index (Phi) is 5.64. The van der Waals surface area contributed by atoms with Crippen molar-refractivity contribution in [3.05, 3.63) is 78.6 Å². The van der Waals surface area contributed by atoms with E-state index in [9.17, 15) is 9.59 Å². The van der Waals surface area contributed by atoms with E-state index in [2.05, 4.69) is 20.5 Å². The van der Waals surface area contributed by atoms with Crippen LogP contribution in [0.3, 0.4) is 0 Å². The van der Waals surface area contributed by atoms with E-state index >= 15 is 0 Å². The Hall–Kier alpha value is -3.87. The van der Waals surface area contributed by atoms with Gasteiger partial charge in [0.25, 0.3) is 0 Å². The zero-order valence-electron chi connectivity index (χ0n) is 14.6. The summed E-state index contributed by atoms with van der Waals surface area (Å²) >= 11 is 0. The fraction of sp³-hybridized carbons (Fsp3) is 0.0500. The smallest absolute Gasteiger partial charge is 0.411 e. The largest absolute Gasteiger partial charge is 0.453 e. The normalized spacial score (nSPS) is 10.6. The van der Waals surface area contributed by atoms with Gasteiger partial charge in [0, 0.05) is 29.2 Å². The number of anilines is 2. The van der Waals surface area contributed by atoms with Crippen molar-refractivity contribution in [3.8, 4) is 5.69 Å². The standard InChI is InChI=1S/C20H18N4O3/c1-27-20(26)23-17-10-8-16(9-11-17)22-19(25)12-7-15-13-21-24(14-15)18-5-3-2-4-6-18/h2-14H,1H3,(H,22,25)(H,23,26). The van der Waals surface area contributed by atoms with Crippen molar-refractivity contribution in [3.63, 3.8) is 0 Å². The molecule has 2 amide bonds. The Labute approximate surface area is 156 Å². The number of rotatable bonds is 5. The lowest BCUT2D eigenvalue weighted by Crippen LogP contribution is -2.11. The molecule has 0 aliphatic rings. The van der Waals surface area contributed by atoms with Crippen molar-refractivity contribution in [2.24, 2.45) is 0 Å². The first-order chi connectivity index (χ1) is 13.1. The Bertz CT molecular complexity index is 947. The number of carbonyl (C=O) groups excluding carboxylic acids is 2. The van der Waals surface area contributed by atoms with Gasteiger partial charge in [-0.25, -0.2) is 9.48 Å². The molecule has 0 saturated heterocycles. The molecule has 0 saturated carbocycles. The van der Waals surface area contributed by atoms with Gasteiger partial charge in [-0.15, -0.1) is 0 Å². The van der Waals surface area contributed by atoms with E-state index < -0.39 is 6.09 Å². The quantitative estimate of drug-likeness (QED) is 0.678. The van der Waals surface area contributed by atoms with Gasteiger partial charge >= 0.3 is 6.09 Å². The average molecular weight is 362 g/mol. The molecule has 7 heteroatoms. The Morgan fingerprint density at radius 3 is 2.33 bits per heavy atom. The minimum absolute atomic E-state index is 0.267. The molecule has 0 aliphatic heterocycles. The second-order valence-electron chi connectivity index (χ2n) is 5.57. The van der Waals surface area contributed by atoms with Crippen LogP contribution in [0.15, 0.2) is 73.1 Å². The highest BCUT2D eigenvalue weighted by Gasteiger charge is 2.03. The molecule has 3 rings (SSSR count). The Balaban J connectivity index is 1.57. The Morgan fingerprint density at radius 1 is 1.00 bits per heavy atom. The van der Waals surface area contributed by atoms with E-state index in [1.54, 1.807) is 41.2 Å². The van der Waals surface area contributed by atoms with Gasteiger partial charge in [0.1, 0.15) is 0 Å². The van der Waals surface area contributed by atoms with Crippen molar-refractivity contribution < 1.29 is 14.3 Å². The van der Waals surface area contributed by atoms with Crippen LogP contribution in [0.4, 0.5) is 16.2 Å². The number of nitrogens with one attached hydrogen (secondary N) is 2. The lowest BCUT2D eigenvalue weighted by Gasteiger charge is -2.05. The van der Waals surface area contributed by atoms with Gasteiger partial charge in [-0.1, -0.05) is 18.2 Å². The molecule has 1 heterocycles. The number of benzene rings is 2. The first-order valence-corrected chi connectivity index (χ1v) is 8.18. The second-order valence-corrected chi connectivity index (χ2v) is 5.57. The fourth-order valence-electron chi connectivity index (χ4n) is 2.31. The molecular formula is C20H18N4O3. The van der Waals surface area contributed by atoms with Gasteiger partial charge in [-0.3, -0.25) is 10.1 Å². The number of amides is 2. The van der Waals surface area contributed by atoms with E-state index in [4.69, 9.17) is 0 Å². The van der Waals surface area contributed by atoms with Crippen LogP contribution < -0.4 is 10.6 Å². The van der Waals surface area contributed by atoms with Crippen molar-refractivity contribution in [2.75, 3.05) is 17.7 Å². The molecule has 2 N–H and O–H groups in total. The lowest BCUT2D eigenvalue weighted by molar-refractivity contribution is -0.111. The van der Waals surface area contributed by atoms with E-state index in [0.717, 1.165) is 11.3 Å². The predicted octanol–water partition coefficient (Wildman–Crippen LogP) is 3.70. The van der Waals surface area contributed by atoms with E-state index in [-0.39, 0.29) is 5.91 Å². The third-order valence-corrected chi connectivity index (χ3v) is 3.63. The summed E-state index contributed by atoms with van der Waals surface area (Å²) in [7, 11) is 1.29. The number of aromatic nitrogens is 2. The number of nitrogens with zero attached hydrogens (tertiary/aromatic N) is 2. The number of para-hydroxylation sites is 1. The first kappa shape index (κ1) is 17.9. The van der Waals surface area contributed by atoms with Gasteiger partial charge < -0.3 is 10.1 Å². The van der Waals surface area contributed by atoms with Crippen LogP contribution in [0.25, 0.3) is 11.8 Å². The number of hydrogen-bond donors (Lipinski definition) is 2. The number of methoxy groups -OCH3 is 1. The summed E-state index contributed by atoms with van der Waals surface area (Å²) in [6.45, 7) is 0. The Morgan fingerprint density at radius 2 is 1.67 bits per heavy atom. The summed E-state index contributed by atoms with van der Waals surface area (Å²) in [5.41, 5.74) is 2.94. The van der Waals surface area contributed by atoms with Crippen LogP contribution in [0.2, 0.25) is 0 Å². The maximum atomic E-state index is 12.1. The van der Waals surface area contributed by atoms with Crippen molar-refractivity contribution in [1.82, 2.24) is 9.78 Å². The van der Waals surface area contributed by atoms with Gasteiger partial charge in [0.2, 0.25) is 5.91 Å². The first-order valence-electron chi connectivity index (χ1n) is 8.18. The number of hydrogen-bond acceptors (Lipinski definition) is 4. The topological polar surface area (TPSA) is 85.2 Å². The van der Waals surface area contributed by atoms with E-state index in [0.29, 0.717) is 11.4 Å². The van der Waals surface area contributed by atoms with Crippen molar-refractivity contribution >= 4 is 29.5 Å². The van der Waals surface area contributed by atoms with E-state index in [1.165, 1.54) is 13.2 Å². The second kappa shape index (κ2) is 8.48. The lowest BCUT2D eigenvalue weighted by atomic mass is 10.2. The molecule has 0 atom stereocenters. The zero-order valence-corrected chi connectivity index (χ0v) is 14.6. The molecule has 0 unspecified atom stereocenters. The summed E-state index contributed by atoms with van der Waals surface area (Å²) in [6.07, 6.45) is 6.10. The summed E-state index contributed by atoms with van der Waals surface area (Å²) in [5.74, 6) is -0.267. The molecule has 0 radical (unpaired) electrons. The molecule has 0 aliphatic carbocycles. The highest BCUT2D eigenvalue weighted by atomic mass is 16.5. The molecule has 2 aromatic carbocycles. The number of ether oxygens (including phenoxy) is 1. The maximum Gasteiger partial charge on any atom is 0.411 e. The summed E-state index contributed by atoms with van der Waals surface area (Å²) in [6, 6.07) is 16.4. The summed E-state index contributed by atoms with van der Waals surface area (Å²) in [4.78, 5) is 23.2. The predicted molar refractivity (Wildman–Crippen MR) is 104 cm³/mol. The molecule has 0 fully saturated rings. The molecule has 27 heavy (non-hydrogen) atoms. The van der Waals surface area contributed by atoms with Crippen LogP contribution >= 0.6 is 0 Å². The molecule has 7 nitrogen and oxygen atoms in total. The van der Waals surface area contributed by atoms with Crippen molar-refractivity contribution in [1.29, 1.82) is 0 Å². The number of carbonyl (C=O) groups is 2. The summed E-state index contributed by atoms with van der Waals surface area (Å²) in [5, 5.41) is 9.56. The molecule has 136 valence electrons.